The van der Waals surface area contributed by atoms with Crippen LogP contribution in [0, 0.1) is 0 Å². The van der Waals surface area contributed by atoms with E-state index in [-0.39, 0.29) is 6.09 Å². The van der Waals surface area contributed by atoms with Crippen LogP contribution in [-0.4, -0.2) is 54.5 Å². The summed E-state index contributed by atoms with van der Waals surface area (Å²) >= 11 is 0. The zero-order valence-electron chi connectivity index (χ0n) is 15.3. The summed E-state index contributed by atoms with van der Waals surface area (Å²) in [6, 6.07) is 0.894. The highest BCUT2D eigenvalue weighted by atomic mass is 16.6. The molecule has 2 saturated heterocycles. The minimum absolute atomic E-state index is 0.181. The SMILES string of the molecule is CCCC1CC(NC2CCCN(C(=O)OC(C)(C)C)C2)CCO1. The lowest BCUT2D eigenvalue weighted by molar-refractivity contribution is -0.00887. The first kappa shape index (κ1) is 18.5. The maximum atomic E-state index is 12.2. The summed E-state index contributed by atoms with van der Waals surface area (Å²) in [4.78, 5) is 14.1. The number of carbonyl (C=O) groups is 1. The molecule has 0 spiro atoms. The Morgan fingerprint density at radius 2 is 2.09 bits per heavy atom. The Balaban J connectivity index is 1.80. The van der Waals surface area contributed by atoms with E-state index in [1.807, 2.05) is 25.7 Å². The molecule has 2 heterocycles. The van der Waals surface area contributed by atoms with Gasteiger partial charge in [0.1, 0.15) is 5.60 Å². The fourth-order valence-electron chi connectivity index (χ4n) is 3.49. The molecule has 0 bridgehead atoms. The molecule has 0 aromatic carbocycles. The Morgan fingerprint density at radius 1 is 1.30 bits per heavy atom. The van der Waals surface area contributed by atoms with Crippen molar-refractivity contribution >= 4 is 6.09 Å². The number of amides is 1. The first-order chi connectivity index (χ1) is 10.9. The summed E-state index contributed by atoms with van der Waals surface area (Å²) in [5, 5.41) is 3.76. The van der Waals surface area contributed by atoms with Crippen LogP contribution in [0.2, 0.25) is 0 Å². The zero-order valence-corrected chi connectivity index (χ0v) is 15.3. The topological polar surface area (TPSA) is 50.8 Å². The molecule has 23 heavy (non-hydrogen) atoms. The average Bonchev–Trinajstić information content (AvgIpc) is 2.46. The fourth-order valence-corrected chi connectivity index (χ4v) is 3.49. The van der Waals surface area contributed by atoms with Gasteiger partial charge in [-0.25, -0.2) is 4.79 Å². The number of piperidine rings is 1. The molecular formula is C18H34N2O3. The Morgan fingerprint density at radius 3 is 2.78 bits per heavy atom. The van der Waals surface area contributed by atoms with E-state index in [4.69, 9.17) is 9.47 Å². The third kappa shape index (κ3) is 6.30. The Bertz CT molecular complexity index is 379. The van der Waals surface area contributed by atoms with E-state index < -0.39 is 5.60 Å². The third-order valence-electron chi connectivity index (χ3n) is 4.52. The molecule has 2 aliphatic heterocycles. The zero-order chi connectivity index (χ0) is 16.9. The molecule has 0 saturated carbocycles. The van der Waals surface area contributed by atoms with E-state index in [1.165, 1.54) is 6.42 Å². The van der Waals surface area contributed by atoms with Crippen LogP contribution in [-0.2, 0) is 9.47 Å². The lowest BCUT2D eigenvalue weighted by Crippen LogP contribution is -2.53. The molecule has 2 aliphatic rings. The largest absolute Gasteiger partial charge is 0.444 e. The smallest absolute Gasteiger partial charge is 0.410 e. The van der Waals surface area contributed by atoms with Gasteiger partial charge in [0.05, 0.1) is 6.10 Å². The third-order valence-corrected chi connectivity index (χ3v) is 4.52. The van der Waals surface area contributed by atoms with Crippen LogP contribution < -0.4 is 5.32 Å². The van der Waals surface area contributed by atoms with Gasteiger partial charge >= 0.3 is 6.09 Å². The average molecular weight is 326 g/mol. The second kappa shape index (κ2) is 8.34. The summed E-state index contributed by atoms with van der Waals surface area (Å²) in [7, 11) is 0. The molecule has 1 amide bonds. The molecular weight excluding hydrogens is 292 g/mol. The molecule has 0 aromatic heterocycles. The number of ether oxygens (including phenoxy) is 2. The number of nitrogens with one attached hydrogen (secondary N) is 1. The van der Waals surface area contributed by atoms with Crippen LogP contribution in [0.3, 0.4) is 0 Å². The van der Waals surface area contributed by atoms with Gasteiger partial charge in [0, 0.05) is 31.8 Å². The fraction of sp³-hybridized carbons (Fsp3) is 0.944. The van der Waals surface area contributed by atoms with Crippen molar-refractivity contribution in [2.24, 2.45) is 0 Å². The number of rotatable bonds is 4. The van der Waals surface area contributed by atoms with E-state index in [2.05, 4.69) is 12.2 Å². The second-order valence-corrected chi connectivity index (χ2v) is 7.93. The van der Waals surface area contributed by atoms with Crippen molar-refractivity contribution in [2.45, 2.75) is 90.0 Å². The van der Waals surface area contributed by atoms with Crippen molar-refractivity contribution in [3.63, 3.8) is 0 Å². The Labute approximate surface area is 141 Å². The quantitative estimate of drug-likeness (QED) is 0.861. The van der Waals surface area contributed by atoms with E-state index in [1.54, 1.807) is 0 Å². The highest BCUT2D eigenvalue weighted by molar-refractivity contribution is 5.68. The predicted molar refractivity (Wildman–Crippen MR) is 91.6 cm³/mol. The molecule has 3 atom stereocenters. The first-order valence-corrected chi connectivity index (χ1v) is 9.23. The molecule has 3 unspecified atom stereocenters. The van der Waals surface area contributed by atoms with Gasteiger partial charge in [0.2, 0.25) is 0 Å². The molecule has 0 radical (unpaired) electrons. The molecule has 134 valence electrons. The van der Waals surface area contributed by atoms with Crippen molar-refractivity contribution in [3.8, 4) is 0 Å². The van der Waals surface area contributed by atoms with Crippen LogP contribution >= 0.6 is 0 Å². The molecule has 5 heteroatoms. The minimum atomic E-state index is -0.425. The van der Waals surface area contributed by atoms with Gasteiger partial charge in [-0.15, -0.1) is 0 Å². The standard InChI is InChI=1S/C18H34N2O3/c1-5-7-16-12-14(9-11-22-16)19-15-8-6-10-20(13-15)17(21)23-18(2,3)4/h14-16,19H,5-13H2,1-4H3. The molecule has 2 fully saturated rings. The summed E-state index contributed by atoms with van der Waals surface area (Å²) < 4.78 is 11.3. The summed E-state index contributed by atoms with van der Waals surface area (Å²) in [5.74, 6) is 0. The monoisotopic (exact) mass is 326 g/mol. The van der Waals surface area contributed by atoms with Gasteiger partial charge in [-0.2, -0.15) is 0 Å². The van der Waals surface area contributed by atoms with Crippen molar-refractivity contribution < 1.29 is 14.3 Å². The van der Waals surface area contributed by atoms with Crippen LogP contribution in [0.1, 0.15) is 66.2 Å². The van der Waals surface area contributed by atoms with E-state index in [0.717, 1.165) is 51.8 Å². The van der Waals surface area contributed by atoms with Crippen molar-refractivity contribution in [2.75, 3.05) is 19.7 Å². The maximum Gasteiger partial charge on any atom is 0.410 e. The number of likely N-dealkylation sites (tertiary alicyclic amines) is 1. The lowest BCUT2D eigenvalue weighted by Gasteiger charge is -2.38. The summed E-state index contributed by atoms with van der Waals surface area (Å²) in [5.41, 5.74) is -0.425. The van der Waals surface area contributed by atoms with Gasteiger partial charge < -0.3 is 19.7 Å². The van der Waals surface area contributed by atoms with Gasteiger partial charge in [0.15, 0.2) is 0 Å². The normalized spacial score (nSPS) is 29.4. The number of carbonyl (C=O) groups excluding carboxylic acids is 1. The highest BCUT2D eigenvalue weighted by Crippen LogP contribution is 2.21. The van der Waals surface area contributed by atoms with E-state index >= 15 is 0 Å². The maximum absolute atomic E-state index is 12.2. The van der Waals surface area contributed by atoms with E-state index in [9.17, 15) is 4.79 Å². The van der Waals surface area contributed by atoms with Crippen molar-refractivity contribution in [3.05, 3.63) is 0 Å². The van der Waals surface area contributed by atoms with Crippen LogP contribution in [0.25, 0.3) is 0 Å². The van der Waals surface area contributed by atoms with Crippen molar-refractivity contribution in [1.29, 1.82) is 0 Å². The summed E-state index contributed by atoms with van der Waals surface area (Å²) in [6.45, 7) is 10.4. The van der Waals surface area contributed by atoms with Crippen LogP contribution in [0.4, 0.5) is 4.79 Å². The Kier molecular flexibility index (Phi) is 6.72. The predicted octanol–water partition coefficient (Wildman–Crippen LogP) is 3.32. The van der Waals surface area contributed by atoms with Gasteiger partial charge in [-0.05, 0) is 52.9 Å². The van der Waals surface area contributed by atoms with Crippen molar-refractivity contribution in [1.82, 2.24) is 10.2 Å². The molecule has 0 aliphatic carbocycles. The second-order valence-electron chi connectivity index (χ2n) is 7.93. The number of hydrogen-bond acceptors (Lipinski definition) is 4. The molecule has 2 rings (SSSR count). The minimum Gasteiger partial charge on any atom is -0.444 e. The number of hydrogen-bond donors (Lipinski definition) is 1. The molecule has 0 aromatic rings. The van der Waals surface area contributed by atoms with Gasteiger partial charge in [0.25, 0.3) is 0 Å². The Hall–Kier alpha value is -0.810. The van der Waals surface area contributed by atoms with Gasteiger partial charge in [-0.3, -0.25) is 0 Å². The molecule has 5 nitrogen and oxygen atoms in total. The molecule has 1 N–H and O–H groups in total. The van der Waals surface area contributed by atoms with Gasteiger partial charge in [-0.1, -0.05) is 13.3 Å². The summed E-state index contributed by atoms with van der Waals surface area (Å²) in [6.07, 6.45) is 6.88. The number of nitrogens with zero attached hydrogens (tertiary/aromatic N) is 1. The van der Waals surface area contributed by atoms with E-state index in [0.29, 0.717) is 18.2 Å². The van der Waals surface area contributed by atoms with Crippen LogP contribution in [0.15, 0.2) is 0 Å². The lowest BCUT2D eigenvalue weighted by atomic mass is 9.97. The first-order valence-electron chi connectivity index (χ1n) is 9.23. The highest BCUT2D eigenvalue weighted by Gasteiger charge is 2.30. The van der Waals surface area contributed by atoms with Crippen LogP contribution in [0.5, 0.6) is 0 Å².